The summed E-state index contributed by atoms with van der Waals surface area (Å²) in [6, 6.07) is 12.3. The van der Waals surface area contributed by atoms with Crippen molar-refractivity contribution in [1.82, 2.24) is 0 Å². The molecule has 4 rings (SSSR count). The molecule has 2 aromatic heterocycles. The van der Waals surface area contributed by atoms with E-state index in [0.717, 1.165) is 50.0 Å². The van der Waals surface area contributed by atoms with Crippen molar-refractivity contribution in [2.24, 2.45) is 0 Å². The zero-order valence-corrected chi connectivity index (χ0v) is 15.3. The average molecular weight is 360 g/mol. The molecule has 0 atom stereocenters. The molecule has 1 aliphatic rings. The summed E-state index contributed by atoms with van der Waals surface area (Å²) in [7, 11) is 0. The Hall–Kier alpha value is -2.95. The van der Waals surface area contributed by atoms with E-state index in [4.69, 9.17) is 4.42 Å². The minimum absolute atomic E-state index is 0.0447. The number of fused-ring (bicyclic) bond motifs is 1. The molecule has 1 aromatic carbocycles. The number of furan rings is 1. The first-order valence-electron chi connectivity index (χ1n) is 8.92. The van der Waals surface area contributed by atoms with Crippen LogP contribution in [0, 0.1) is 13.6 Å². The van der Waals surface area contributed by atoms with Crippen molar-refractivity contribution in [2.75, 3.05) is 13.2 Å². The van der Waals surface area contributed by atoms with Crippen molar-refractivity contribution in [3.63, 3.8) is 0 Å². The van der Waals surface area contributed by atoms with Crippen LogP contribution >= 0.6 is 0 Å². The normalized spacial score (nSPS) is 13.4. The van der Waals surface area contributed by atoms with Crippen LogP contribution in [0.4, 0.5) is 0 Å². The molecule has 2 N–H and O–H groups in total. The zero-order valence-electron chi connectivity index (χ0n) is 15.3. The first-order chi connectivity index (χ1) is 13.1. The largest absolute Gasteiger partial charge is 0.472 e. The predicted octanol–water partition coefficient (Wildman–Crippen LogP) is 2.47. The van der Waals surface area contributed by atoms with E-state index < -0.39 is 0 Å². The Morgan fingerprint density at radius 2 is 1.89 bits per heavy atom. The van der Waals surface area contributed by atoms with Gasteiger partial charge in [-0.05, 0) is 46.2 Å². The Balaban J connectivity index is 1.90. The van der Waals surface area contributed by atoms with Gasteiger partial charge in [0.2, 0.25) is 5.69 Å². The van der Waals surface area contributed by atoms with Gasteiger partial charge >= 0.3 is 0 Å². The van der Waals surface area contributed by atoms with Gasteiger partial charge in [-0.25, -0.2) is 0 Å². The van der Waals surface area contributed by atoms with Crippen molar-refractivity contribution in [3.8, 4) is 22.4 Å². The van der Waals surface area contributed by atoms with E-state index in [9.17, 15) is 10.2 Å². The molecule has 2 heterocycles. The van der Waals surface area contributed by atoms with E-state index >= 15 is 0 Å². The number of nitrogens with zero attached hydrogens (tertiary/aromatic N) is 1. The second kappa shape index (κ2) is 6.99. The number of hydrogen-bond acceptors (Lipinski definition) is 3. The van der Waals surface area contributed by atoms with E-state index in [2.05, 4.69) is 31.0 Å². The van der Waals surface area contributed by atoms with Gasteiger partial charge in [0, 0.05) is 36.1 Å². The van der Waals surface area contributed by atoms with Crippen LogP contribution in [0.15, 0.2) is 64.5 Å². The molecule has 3 aromatic rings. The number of pyridine rings is 1. The molecule has 0 bridgehead atoms. The molecule has 0 aliphatic heterocycles. The summed E-state index contributed by atoms with van der Waals surface area (Å²) in [5.74, 6) is 0. The van der Waals surface area contributed by atoms with Crippen molar-refractivity contribution >= 4 is 6.08 Å². The van der Waals surface area contributed by atoms with Crippen molar-refractivity contribution in [1.29, 1.82) is 0 Å². The van der Waals surface area contributed by atoms with Gasteiger partial charge in [0.25, 0.3) is 0 Å². The number of rotatable bonds is 4. The summed E-state index contributed by atoms with van der Waals surface area (Å²) in [6.45, 7) is 6.17. The molecule has 0 spiro atoms. The molecule has 4 nitrogen and oxygen atoms in total. The number of hydrogen-bond donors (Lipinski definition) is 2. The highest BCUT2D eigenvalue weighted by Gasteiger charge is 2.21. The second-order valence-corrected chi connectivity index (χ2v) is 6.84. The third-order valence-electron chi connectivity index (χ3n) is 5.32. The summed E-state index contributed by atoms with van der Waals surface area (Å²) < 4.78 is 7.15. The minimum Gasteiger partial charge on any atom is -0.472 e. The summed E-state index contributed by atoms with van der Waals surface area (Å²) in [6.07, 6.45) is 6.01. The smallest absolute Gasteiger partial charge is 0.218 e. The van der Waals surface area contributed by atoms with Gasteiger partial charge in [0.1, 0.15) is 6.72 Å². The molecule has 1 aliphatic carbocycles. The maximum absolute atomic E-state index is 9.64. The van der Waals surface area contributed by atoms with E-state index in [1.54, 1.807) is 12.5 Å². The molecule has 0 unspecified atom stereocenters. The van der Waals surface area contributed by atoms with E-state index in [1.165, 1.54) is 0 Å². The topological polar surface area (TPSA) is 59.5 Å². The van der Waals surface area contributed by atoms with E-state index in [1.807, 2.05) is 29.4 Å². The van der Waals surface area contributed by atoms with E-state index in [0.29, 0.717) is 6.42 Å². The van der Waals surface area contributed by atoms with Crippen LogP contribution in [-0.4, -0.2) is 23.4 Å². The molecule has 0 saturated carbocycles. The van der Waals surface area contributed by atoms with Crippen molar-refractivity contribution in [3.05, 3.63) is 83.3 Å². The number of benzene rings is 1. The van der Waals surface area contributed by atoms with Crippen LogP contribution in [0.1, 0.15) is 11.3 Å². The van der Waals surface area contributed by atoms with Crippen LogP contribution in [0.5, 0.6) is 0 Å². The maximum atomic E-state index is 9.64. The Morgan fingerprint density at radius 3 is 2.59 bits per heavy atom. The summed E-state index contributed by atoms with van der Waals surface area (Å²) in [4.78, 5) is 0. The van der Waals surface area contributed by atoms with Crippen LogP contribution < -0.4 is 9.46 Å². The van der Waals surface area contributed by atoms with Gasteiger partial charge in [-0.15, -0.1) is 0 Å². The molecule has 0 saturated heterocycles. The molecule has 4 heteroatoms. The van der Waals surface area contributed by atoms with Crippen LogP contribution in [0.2, 0.25) is 0 Å². The van der Waals surface area contributed by atoms with Gasteiger partial charge in [0.05, 0.1) is 25.7 Å². The van der Waals surface area contributed by atoms with Crippen LogP contribution in [-0.2, 0) is 6.42 Å². The van der Waals surface area contributed by atoms with Crippen LogP contribution in [0.25, 0.3) is 28.5 Å². The SMILES string of the molecule is C=[n+]1c(-c2cccc(-c3ccoc3)c2)cc2c(c1C)CC(CO)=C(CO)C=2. The Bertz CT molecular complexity index is 1140. The van der Waals surface area contributed by atoms with Gasteiger partial charge in [0.15, 0.2) is 5.69 Å². The predicted molar refractivity (Wildman–Crippen MR) is 104 cm³/mol. The monoisotopic (exact) mass is 360 g/mol. The number of aliphatic hydroxyl groups excluding tert-OH is 2. The zero-order chi connectivity index (χ0) is 19.0. The molecule has 0 radical (unpaired) electrons. The lowest BCUT2D eigenvalue weighted by Gasteiger charge is -2.16. The summed E-state index contributed by atoms with van der Waals surface area (Å²) >= 11 is 0. The molecule has 27 heavy (non-hydrogen) atoms. The Kier molecular flexibility index (Phi) is 4.52. The lowest BCUT2D eigenvalue weighted by Crippen LogP contribution is -2.32. The highest BCUT2D eigenvalue weighted by Crippen LogP contribution is 2.25. The van der Waals surface area contributed by atoms with Gasteiger partial charge in [-0.2, -0.15) is 4.24 Å². The summed E-state index contributed by atoms with van der Waals surface area (Å²) in [5.41, 5.74) is 8.03. The lowest BCUT2D eigenvalue weighted by atomic mass is 9.91. The lowest BCUT2D eigenvalue weighted by molar-refractivity contribution is -0.494. The van der Waals surface area contributed by atoms with Gasteiger partial charge < -0.3 is 14.6 Å². The fraction of sp³-hybridized carbons (Fsp3) is 0.174. The number of aromatic nitrogens is 1. The van der Waals surface area contributed by atoms with Gasteiger partial charge in [-0.3, -0.25) is 0 Å². The molecule has 0 fully saturated rings. The molecule has 136 valence electrons. The Labute approximate surface area is 157 Å². The molecular formula is C23H22NO3+. The highest BCUT2D eigenvalue weighted by molar-refractivity contribution is 5.70. The van der Waals surface area contributed by atoms with Gasteiger partial charge in [-0.1, -0.05) is 12.1 Å². The van der Waals surface area contributed by atoms with Crippen LogP contribution in [0.3, 0.4) is 0 Å². The first kappa shape index (κ1) is 17.5. The second-order valence-electron chi connectivity index (χ2n) is 6.84. The molecular weight excluding hydrogens is 338 g/mol. The fourth-order valence-corrected chi connectivity index (χ4v) is 3.68. The number of aliphatic hydroxyl groups is 2. The summed E-state index contributed by atoms with van der Waals surface area (Å²) in [5, 5.41) is 20.3. The molecule has 0 amide bonds. The Morgan fingerprint density at radius 1 is 1.07 bits per heavy atom. The highest BCUT2D eigenvalue weighted by atomic mass is 16.3. The minimum atomic E-state index is -0.0705. The van der Waals surface area contributed by atoms with Crippen molar-refractivity contribution in [2.45, 2.75) is 13.3 Å². The fourth-order valence-electron chi connectivity index (χ4n) is 3.68. The quantitative estimate of drug-likeness (QED) is 0.703. The van der Waals surface area contributed by atoms with Crippen molar-refractivity contribution < 1.29 is 18.9 Å². The third-order valence-corrected chi connectivity index (χ3v) is 5.32. The first-order valence-corrected chi connectivity index (χ1v) is 8.92. The van der Waals surface area contributed by atoms with E-state index in [-0.39, 0.29) is 13.2 Å². The third kappa shape index (κ3) is 3.03. The standard InChI is InChI=1S/C23H22NO3/c1-15-22-10-21(13-26)20(12-25)9-19(22)11-23(24(15)2)17-5-3-4-16(8-17)18-6-7-27-14-18/h3-9,11,14,25-26H,2,10,12-13H2,1H3/q+1. The maximum Gasteiger partial charge on any atom is 0.218 e. The average Bonchev–Trinajstić information content (AvgIpc) is 3.24.